The third kappa shape index (κ3) is 3.94. The van der Waals surface area contributed by atoms with E-state index in [1.165, 1.54) is 5.56 Å². The minimum Gasteiger partial charge on any atom is -0.352 e. The predicted octanol–water partition coefficient (Wildman–Crippen LogP) is 5.55. The van der Waals surface area contributed by atoms with Gasteiger partial charge >= 0.3 is 0 Å². The van der Waals surface area contributed by atoms with Gasteiger partial charge in [-0.25, -0.2) is 0 Å². The zero-order chi connectivity index (χ0) is 20.4. The fraction of sp³-hybridized carbons (Fsp3) is 0.125. The Bertz CT molecular complexity index is 1190. The minimum atomic E-state index is -0.188. The van der Waals surface area contributed by atoms with E-state index in [0.29, 0.717) is 5.56 Å². The largest absolute Gasteiger partial charge is 0.352 e. The van der Waals surface area contributed by atoms with Crippen LogP contribution < -0.4 is 10.6 Å². The Balaban J connectivity index is 1.60. The standard InChI is InChI=1S/C24H22N4O/c1-15-10-16(2)22(17(3)11-15)28-24(29)19-12-20(14-25-13-19)27-21-8-4-6-18-7-5-9-26-23(18)21/h4-14,27H,1-3H3,(H,28,29). The molecule has 0 aliphatic carbocycles. The summed E-state index contributed by atoms with van der Waals surface area (Å²) in [7, 11) is 0. The first-order valence-electron chi connectivity index (χ1n) is 9.46. The van der Waals surface area contributed by atoms with Crippen LogP contribution in [0.3, 0.4) is 0 Å². The van der Waals surface area contributed by atoms with Crippen LogP contribution in [-0.4, -0.2) is 15.9 Å². The number of carbonyl (C=O) groups excluding carboxylic acids is 1. The average molecular weight is 382 g/mol. The number of amides is 1. The number of nitrogens with zero attached hydrogens (tertiary/aromatic N) is 2. The third-order valence-electron chi connectivity index (χ3n) is 4.83. The number of fused-ring (bicyclic) bond motifs is 1. The molecule has 0 saturated carbocycles. The van der Waals surface area contributed by atoms with Gasteiger partial charge in [0.25, 0.3) is 5.91 Å². The number of para-hydroxylation sites is 1. The van der Waals surface area contributed by atoms with Gasteiger partial charge in [-0.15, -0.1) is 0 Å². The molecule has 2 aromatic heterocycles. The number of carbonyl (C=O) groups is 1. The van der Waals surface area contributed by atoms with Gasteiger partial charge in [0.15, 0.2) is 0 Å². The SMILES string of the molecule is Cc1cc(C)c(NC(=O)c2cncc(Nc3cccc4cccnc34)c2)c(C)c1. The van der Waals surface area contributed by atoms with Crippen molar-refractivity contribution >= 4 is 33.9 Å². The molecule has 0 atom stereocenters. The van der Waals surface area contributed by atoms with Gasteiger partial charge in [-0.3, -0.25) is 14.8 Å². The van der Waals surface area contributed by atoms with Crippen LogP contribution in [0.2, 0.25) is 0 Å². The van der Waals surface area contributed by atoms with Crippen molar-refractivity contribution in [2.75, 3.05) is 10.6 Å². The van der Waals surface area contributed by atoms with Crippen LogP contribution in [0.15, 0.2) is 67.1 Å². The van der Waals surface area contributed by atoms with Crippen molar-refractivity contribution in [2.45, 2.75) is 20.8 Å². The molecule has 0 fully saturated rings. The summed E-state index contributed by atoms with van der Waals surface area (Å²) in [5.74, 6) is -0.188. The first kappa shape index (κ1) is 18.6. The van der Waals surface area contributed by atoms with E-state index < -0.39 is 0 Å². The number of hydrogen-bond donors (Lipinski definition) is 2. The number of nitrogens with one attached hydrogen (secondary N) is 2. The van der Waals surface area contributed by atoms with Gasteiger partial charge in [-0.1, -0.05) is 35.9 Å². The number of rotatable bonds is 4. The molecule has 0 saturated heterocycles. The zero-order valence-electron chi connectivity index (χ0n) is 16.7. The zero-order valence-corrected chi connectivity index (χ0v) is 16.7. The summed E-state index contributed by atoms with van der Waals surface area (Å²) in [4.78, 5) is 21.5. The maximum atomic E-state index is 12.8. The van der Waals surface area contributed by atoms with Crippen molar-refractivity contribution in [2.24, 2.45) is 0 Å². The molecule has 0 unspecified atom stereocenters. The number of aryl methyl sites for hydroxylation is 3. The summed E-state index contributed by atoms with van der Waals surface area (Å²) in [6.45, 7) is 6.05. The maximum absolute atomic E-state index is 12.8. The maximum Gasteiger partial charge on any atom is 0.257 e. The number of anilines is 3. The second kappa shape index (κ2) is 7.72. The van der Waals surface area contributed by atoms with Gasteiger partial charge in [-0.05, 0) is 50.1 Å². The van der Waals surface area contributed by atoms with Crippen LogP contribution in [0, 0.1) is 20.8 Å². The van der Waals surface area contributed by atoms with Crippen molar-refractivity contribution in [3.05, 3.63) is 89.4 Å². The molecule has 2 heterocycles. The normalized spacial score (nSPS) is 10.7. The lowest BCUT2D eigenvalue weighted by Crippen LogP contribution is -2.14. The van der Waals surface area contributed by atoms with E-state index >= 15 is 0 Å². The molecular weight excluding hydrogens is 360 g/mol. The molecule has 2 aromatic carbocycles. The monoisotopic (exact) mass is 382 g/mol. The number of hydrogen-bond acceptors (Lipinski definition) is 4. The topological polar surface area (TPSA) is 66.9 Å². The average Bonchev–Trinajstić information content (AvgIpc) is 2.71. The Morgan fingerprint density at radius 1 is 0.931 bits per heavy atom. The summed E-state index contributed by atoms with van der Waals surface area (Å²) >= 11 is 0. The summed E-state index contributed by atoms with van der Waals surface area (Å²) in [6.07, 6.45) is 5.03. The summed E-state index contributed by atoms with van der Waals surface area (Å²) in [5.41, 5.74) is 7.06. The van der Waals surface area contributed by atoms with E-state index in [9.17, 15) is 4.79 Å². The highest BCUT2D eigenvalue weighted by molar-refractivity contribution is 6.05. The van der Waals surface area contributed by atoms with E-state index in [1.54, 1.807) is 24.7 Å². The lowest BCUT2D eigenvalue weighted by Gasteiger charge is -2.13. The second-order valence-corrected chi connectivity index (χ2v) is 7.20. The summed E-state index contributed by atoms with van der Waals surface area (Å²) in [5, 5.41) is 7.40. The molecule has 5 nitrogen and oxygen atoms in total. The van der Waals surface area contributed by atoms with E-state index in [0.717, 1.165) is 39.1 Å². The Morgan fingerprint density at radius 2 is 1.69 bits per heavy atom. The second-order valence-electron chi connectivity index (χ2n) is 7.20. The lowest BCUT2D eigenvalue weighted by atomic mass is 10.0. The predicted molar refractivity (Wildman–Crippen MR) is 118 cm³/mol. The van der Waals surface area contributed by atoms with Crippen molar-refractivity contribution < 1.29 is 4.79 Å². The quantitative estimate of drug-likeness (QED) is 0.485. The molecule has 29 heavy (non-hydrogen) atoms. The Morgan fingerprint density at radius 3 is 2.48 bits per heavy atom. The molecule has 144 valence electrons. The first-order chi connectivity index (χ1) is 14.0. The molecule has 0 aliphatic heterocycles. The van der Waals surface area contributed by atoms with Crippen LogP contribution in [0.4, 0.5) is 17.1 Å². The molecule has 0 radical (unpaired) electrons. The van der Waals surface area contributed by atoms with Gasteiger partial charge in [0, 0.05) is 23.5 Å². The molecule has 2 N–H and O–H groups in total. The van der Waals surface area contributed by atoms with Gasteiger partial charge < -0.3 is 10.6 Å². The molecule has 4 aromatic rings. The van der Waals surface area contributed by atoms with Crippen LogP contribution >= 0.6 is 0 Å². The summed E-state index contributed by atoms with van der Waals surface area (Å²) in [6, 6.07) is 15.8. The lowest BCUT2D eigenvalue weighted by molar-refractivity contribution is 0.102. The smallest absolute Gasteiger partial charge is 0.257 e. The molecule has 0 aliphatic rings. The van der Waals surface area contributed by atoms with E-state index in [-0.39, 0.29) is 5.91 Å². The molecule has 4 rings (SSSR count). The Labute approximate surface area is 169 Å². The molecule has 5 heteroatoms. The highest BCUT2D eigenvalue weighted by atomic mass is 16.1. The Hall–Kier alpha value is -3.73. The van der Waals surface area contributed by atoms with E-state index in [4.69, 9.17) is 0 Å². The van der Waals surface area contributed by atoms with Crippen LogP contribution in [0.5, 0.6) is 0 Å². The fourth-order valence-electron chi connectivity index (χ4n) is 3.56. The fourth-order valence-corrected chi connectivity index (χ4v) is 3.56. The number of pyridine rings is 2. The van der Waals surface area contributed by atoms with Crippen molar-refractivity contribution in [1.29, 1.82) is 0 Å². The third-order valence-corrected chi connectivity index (χ3v) is 4.83. The van der Waals surface area contributed by atoms with Gasteiger partial charge in [-0.2, -0.15) is 0 Å². The molecule has 1 amide bonds. The highest BCUT2D eigenvalue weighted by Crippen LogP contribution is 2.26. The van der Waals surface area contributed by atoms with Crippen molar-refractivity contribution in [1.82, 2.24) is 9.97 Å². The molecular formula is C24H22N4O. The van der Waals surface area contributed by atoms with Crippen LogP contribution in [0.25, 0.3) is 10.9 Å². The van der Waals surface area contributed by atoms with Crippen LogP contribution in [0.1, 0.15) is 27.0 Å². The highest BCUT2D eigenvalue weighted by Gasteiger charge is 2.12. The van der Waals surface area contributed by atoms with Crippen LogP contribution in [-0.2, 0) is 0 Å². The number of benzene rings is 2. The van der Waals surface area contributed by atoms with Gasteiger partial charge in [0.05, 0.1) is 28.7 Å². The molecule has 0 bridgehead atoms. The minimum absolute atomic E-state index is 0.188. The van der Waals surface area contributed by atoms with E-state index in [1.807, 2.05) is 51.1 Å². The number of aromatic nitrogens is 2. The first-order valence-corrected chi connectivity index (χ1v) is 9.46. The van der Waals surface area contributed by atoms with Gasteiger partial charge in [0.2, 0.25) is 0 Å². The van der Waals surface area contributed by atoms with Crippen molar-refractivity contribution in [3.63, 3.8) is 0 Å². The summed E-state index contributed by atoms with van der Waals surface area (Å²) < 4.78 is 0. The molecule has 0 spiro atoms. The van der Waals surface area contributed by atoms with Gasteiger partial charge in [0.1, 0.15) is 0 Å². The van der Waals surface area contributed by atoms with E-state index in [2.05, 4.69) is 32.7 Å². The Kier molecular flexibility index (Phi) is 4.96. The van der Waals surface area contributed by atoms with Crippen molar-refractivity contribution in [3.8, 4) is 0 Å².